The quantitative estimate of drug-likeness (QED) is 0.740. The van der Waals surface area contributed by atoms with E-state index in [0.717, 1.165) is 16.9 Å². The average Bonchev–Trinajstić information content (AvgIpc) is 3.13. The van der Waals surface area contributed by atoms with Crippen LogP contribution >= 0.6 is 0 Å². The van der Waals surface area contributed by atoms with Gasteiger partial charge in [-0.3, -0.25) is 19.4 Å². The number of aryl methyl sites for hydroxylation is 2. The van der Waals surface area contributed by atoms with E-state index in [-0.39, 0.29) is 37.7 Å². The minimum atomic E-state index is -0.502. The average molecular weight is 380 g/mol. The number of nitrogens with zero attached hydrogens (tertiary/aromatic N) is 2. The van der Waals surface area contributed by atoms with Crippen LogP contribution in [0.5, 0.6) is 5.75 Å². The minimum Gasteiger partial charge on any atom is -0.497 e. The van der Waals surface area contributed by atoms with Crippen molar-refractivity contribution in [3.05, 3.63) is 65.7 Å². The molecule has 1 saturated heterocycles. The molecule has 0 spiro atoms. The number of methoxy groups -OCH3 is 1. The molecule has 3 rings (SSSR count). The Kier molecular flexibility index (Phi) is 6.42. The van der Waals surface area contributed by atoms with Gasteiger partial charge in [-0.2, -0.15) is 0 Å². The summed E-state index contributed by atoms with van der Waals surface area (Å²) in [6.07, 6.45) is 1.59. The molecule has 1 heterocycles. The van der Waals surface area contributed by atoms with E-state index in [0.29, 0.717) is 12.8 Å². The molecule has 0 bridgehead atoms. The molecular weight excluding hydrogens is 356 g/mol. The summed E-state index contributed by atoms with van der Waals surface area (Å²) in [6.45, 7) is 0.526. The zero-order valence-corrected chi connectivity index (χ0v) is 16.0. The van der Waals surface area contributed by atoms with Gasteiger partial charge in [0.2, 0.25) is 11.8 Å². The summed E-state index contributed by atoms with van der Waals surface area (Å²) >= 11 is 0. The van der Waals surface area contributed by atoms with Crippen LogP contribution in [0.2, 0.25) is 0 Å². The lowest BCUT2D eigenvalue weighted by Crippen LogP contribution is -2.39. The van der Waals surface area contributed by atoms with Gasteiger partial charge in [0.1, 0.15) is 5.75 Å². The van der Waals surface area contributed by atoms with Crippen LogP contribution in [0.15, 0.2) is 54.6 Å². The van der Waals surface area contributed by atoms with E-state index in [1.165, 1.54) is 9.80 Å². The lowest BCUT2D eigenvalue weighted by molar-refractivity contribution is -0.128. The fraction of sp³-hybridized carbons (Fsp3) is 0.318. The third-order valence-electron chi connectivity index (χ3n) is 4.87. The number of imide groups is 2. The van der Waals surface area contributed by atoms with Crippen LogP contribution in [-0.4, -0.2) is 47.8 Å². The molecule has 1 fully saturated rings. The van der Waals surface area contributed by atoms with E-state index in [4.69, 9.17) is 4.74 Å². The summed E-state index contributed by atoms with van der Waals surface area (Å²) < 4.78 is 5.12. The highest BCUT2D eigenvalue weighted by molar-refractivity contribution is 6.03. The summed E-state index contributed by atoms with van der Waals surface area (Å²) in [5.74, 6) is 0.271. The summed E-state index contributed by atoms with van der Waals surface area (Å²) in [4.78, 5) is 39.7. The van der Waals surface area contributed by atoms with Crippen LogP contribution in [0, 0.1) is 0 Å². The van der Waals surface area contributed by atoms with Crippen LogP contribution in [0.3, 0.4) is 0 Å². The van der Waals surface area contributed by atoms with Crippen molar-refractivity contribution in [3.8, 4) is 5.75 Å². The Balaban J connectivity index is 1.49. The highest BCUT2D eigenvalue weighted by Crippen LogP contribution is 2.16. The number of carbonyl (C=O) groups excluding carboxylic acids is 3. The number of amides is 4. The third kappa shape index (κ3) is 4.76. The predicted molar refractivity (Wildman–Crippen MR) is 105 cm³/mol. The SMILES string of the molecule is COc1ccc(CCC(=O)N2CCN(C(=O)CCc3ccccc3)C2=O)cc1. The highest BCUT2D eigenvalue weighted by atomic mass is 16.5. The molecule has 6 heteroatoms. The molecule has 146 valence electrons. The van der Waals surface area contributed by atoms with Crippen LogP contribution < -0.4 is 4.74 Å². The third-order valence-corrected chi connectivity index (χ3v) is 4.87. The van der Waals surface area contributed by atoms with Crippen molar-refractivity contribution in [3.63, 3.8) is 0 Å². The van der Waals surface area contributed by atoms with Gasteiger partial charge in [0.25, 0.3) is 0 Å². The van der Waals surface area contributed by atoms with Crippen LogP contribution in [0.1, 0.15) is 24.0 Å². The lowest BCUT2D eigenvalue weighted by atomic mass is 10.1. The first kappa shape index (κ1) is 19.6. The second-order valence-electron chi connectivity index (χ2n) is 6.71. The van der Waals surface area contributed by atoms with Crippen molar-refractivity contribution in [2.45, 2.75) is 25.7 Å². The van der Waals surface area contributed by atoms with Gasteiger partial charge in [-0.1, -0.05) is 42.5 Å². The maximum absolute atomic E-state index is 12.5. The van der Waals surface area contributed by atoms with Gasteiger partial charge in [-0.15, -0.1) is 0 Å². The zero-order valence-electron chi connectivity index (χ0n) is 16.0. The van der Waals surface area contributed by atoms with Crippen LogP contribution in [-0.2, 0) is 22.4 Å². The molecule has 2 aromatic rings. The van der Waals surface area contributed by atoms with E-state index >= 15 is 0 Å². The Bertz CT molecular complexity index is 833. The monoisotopic (exact) mass is 380 g/mol. The first-order chi connectivity index (χ1) is 13.6. The fourth-order valence-electron chi connectivity index (χ4n) is 3.21. The Morgan fingerprint density at radius 2 is 1.32 bits per heavy atom. The molecule has 0 unspecified atom stereocenters. The van der Waals surface area contributed by atoms with E-state index < -0.39 is 6.03 Å². The van der Waals surface area contributed by atoms with Crippen LogP contribution in [0.25, 0.3) is 0 Å². The van der Waals surface area contributed by atoms with E-state index in [9.17, 15) is 14.4 Å². The number of urea groups is 1. The molecule has 28 heavy (non-hydrogen) atoms. The second kappa shape index (κ2) is 9.17. The number of hydrogen-bond donors (Lipinski definition) is 0. The summed E-state index contributed by atoms with van der Waals surface area (Å²) in [5.41, 5.74) is 2.05. The molecule has 0 saturated carbocycles. The number of rotatable bonds is 7. The largest absolute Gasteiger partial charge is 0.497 e. The van der Waals surface area contributed by atoms with Gasteiger partial charge in [0.05, 0.1) is 7.11 Å². The van der Waals surface area contributed by atoms with Crippen molar-refractivity contribution < 1.29 is 19.1 Å². The normalized spacial score (nSPS) is 13.7. The molecule has 6 nitrogen and oxygen atoms in total. The smallest absolute Gasteiger partial charge is 0.333 e. The van der Waals surface area contributed by atoms with Crippen molar-refractivity contribution in [1.29, 1.82) is 0 Å². The zero-order chi connectivity index (χ0) is 19.9. The molecule has 4 amide bonds. The van der Waals surface area contributed by atoms with E-state index in [1.807, 2.05) is 54.6 Å². The van der Waals surface area contributed by atoms with E-state index in [2.05, 4.69) is 0 Å². The van der Waals surface area contributed by atoms with Crippen LogP contribution in [0.4, 0.5) is 4.79 Å². The number of carbonyl (C=O) groups is 3. The second-order valence-corrected chi connectivity index (χ2v) is 6.71. The molecule has 0 N–H and O–H groups in total. The Morgan fingerprint density at radius 1 is 0.821 bits per heavy atom. The van der Waals surface area contributed by atoms with Gasteiger partial charge in [0.15, 0.2) is 0 Å². The summed E-state index contributed by atoms with van der Waals surface area (Å²) in [5, 5.41) is 0. The van der Waals surface area contributed by atoms with Crippen molar-refractivity contribution in [2.75, 3.05) is 20.2 Å². The standard InChI is InChI=1S/C22H24N2O4/c1-28-19-11-7-18(8-12-19)10-14-21(26)24-16-15-23(22(24)27)20(25)13-9-17-5-3-2-4-6-17/h2-8,11-12H,9-10,13-16H2,1H3. The fourth-order valence-corrected chi connectivity index (χ4v) is 3.21. The summed E-state index contributed by atoms with van der Waals surface area (Å²) in [7, 11) is 1.60. The van der Waals surface area contributed by atoms with Gasteiger partial charge in [0, 0.05) is 25.9 Å². The first-order valence-corrected chi connectivity index (χ1v) is 9.40. The molecule has 1 aliphatic rings. The number of benzene rings is 2. The summed E-state index contributed by atoms with van der Waals surface area (Å²) in [6, 6.07) is 16.6. The van der Waals surface area contributed by atoms with Gasteiger partial charge < -0.3 is 4.74 Å². The Labute approximate surface area is 164 Å². The van der Waals surface area contributed by atoms with Gasteiger partial charge in [-0.05, 0) is 36.1 Å². The van der Waals surface area contributed by atoms with Gasteiger partial charge >= 0.3 is 6.03 Å². The predicted octanol–water partition coefficient (Wildman–Crippen LogP) is 3.05. The Morgan fingerprint density at radius 3 is 1.82 bits per heavy atom. The van der Waals surface area contributed by atoms with Crippen molar-refractivity contribution in [2.24, 2.45) is 0 Å². The van der Waals surface area contributed by atoms with Crippen molar-refractivity contribution in [1.82, 2.24) is 9.80 Å². The number of ether oxygens (including phenoxy) is 1. The molecule has 0 aromatic heterocycles. The highest BCUT2D eigenvalue weighted by Gasteiger charge is 2.36. The number of hydrogen-bond acceptors (Lipinski definition) is 4. The molecule has 0 radical (unpaired) electrons. The minimum absolute atomic E-state index is 0.226. The van der Waals surface area contributed by atoms with E-state index in [1.54, 1.807) is 7.11 Å². The lowest BCUT2D eigenvalue weighted by Gasteiger charge is -2.16. The molecule has 0 atom stereocenters. The topological polar surface area (TPSA) is 66.9 Å². The molecule has 2 aromatic carbocycles. The molecule has 1 aliphatic heterocycles. The van der Waals surface area contributed by atoms with Crippen molar-refractivity contribution >= 4 is 17.8 Å². The maximum atomic E-state index is 12.5. The maximum Gasteiger partial charge on any atom is 0.333 e. The molecule has 0 aliphatic carbocycles. The Hall–Kier alpha value is -3.15. The first-order valence-electron chi connectivity index (χ1n) is 9.40. The van der Waals surface area contributed by atoms with Gasteiger partial charge in [-0.25, -0.2) is 4.79 Å². The molecular formula is C22H24N2O4.